The number of ketones is 2. The van der Waals surface area contributed by atoms with E-state index in [1.807, 2.05) is 0 Å². The first-order valence-corrected chi connectivity index (χ1v) is 18.9. The molecule has 0 bridgehead atoms. The lowest BCUT2D eigenvalue weighted by atomic mass is 10.0. The minimum absolute atomic E-state index is 0.263. The average molecular weight is 578 g/mol. The Bertz CT molecular complexity index is 486. The van der Waals surface area contributed by atoms with Crippen LogP contribution in [0, 0.1) is 0 Å². The second-order valence-electron chi connectivity index (χ2n) is 13.1. The molecule has 41 heavy (non-hydrogen) atoms. The van der Waals surface area contributed by atoms with E-state index in [9.17, 15) is 9.59 Å². The smallest absolute Gasteiger partial charge is 0.146 e. The van der Waals surface area contributed by atoms with Crippen LogP contribution in [0.3, 0.4) is 0 Å². The molecule has 3 nitrogen and oxygen atoms in total. The summed E-state index contributed by atoms with van der Waals surface area (Å²) in [5.74, 6) is 0.527. The highest BCUT2D eigenvalue weighted by Crippen LogP contribution is 2.15. The monoisotopic (exact) mass is 578 g/mol. The average Bonchev–Trinajstić information content (AvgIpc) is 2.97. The van der Waals surface area contributed by atoms with Gasteiger partial charge in [0.2, 0.25) is 0 Å². The van der Waals surface area contributed by atoms with E-state index in [-0.39, 0.29) is 11.6 Å². The number of hydrogen-bond acceptors (Lipinski definition) is 3. The number of carbonyl (C=O) groups is 2. The lowest BCUT2D eigenvalue weighted by Gasteiger charge is -2.05. The fourth-order valence-corrected chi connectivity index (χ4v) is 5.91. The molecule has 3 heteroatoms. The summed E-state index contributed by atoms with van der Waals surface area (Å²) >= 11 is 0. The molecular weight excluding hydrogens is 502 g/mol. The predicted molar refractivity (Wildman–Crippen MR) is 182 cm³/mol. The van der Waals surface area contributed by atoms with Crippen LogP contribution in [0.1, 0.15) is 219 Å². The first-order chi connectivity index (χ1) is 20.2. The molecule has 0 fully saturated rings. The van der Waals surface area contributed by atoms with Gasteiger partial charge in [-0.25, -0.2) is 0 Å². The van der Waals surface area contributed by atoms with Crippen molar-refractivity contribution in [1.82, 2.24) is 5.32 Å². The Labute approximate surface area is 258 Å². The summed E-state index contributed by atoms with van der Waals surface area (Å²) in [5, 5.41) is 3.09. The Balaban J connectivity index is 3.26. The van der Waals surface area contributed by atoms with Gasteiger partial charge >= 0.3 is 0 Å². The van der Waals surface area contributed by atoms with Crippen LogP contribution >= 0.6 is 0 Å². The van der Waals surface area contributed by atoms with Crippen LogP contribution in [0.4, 0.5) is 0 Å². The maximum atomic E-state index is 12.1. The van der Waals surface area contributed by atoms with Crippen molar-refractivity contribution >= 4 is 11.6 Å². The zero-order chi connectivity index (χ0) is 29.9. The van der Waals surface area contributed by atoms with Crippen molar-refractivity contribution in [3.05, 3.63) is 0 Å². The molecular formula is C38H75NO2. The summed E-state index contributed by atoms with van der Waals surface area (Å²) < 4.78 is 0. The highest BCUT2D eigenvalue weighted by atomic mass is 16.1. The van der Waals surface area contributed by atoms with Crippen molar-refractivity contribution < 1.29 is 9.59 Å². The minimum Gasteiger partial charge on any atom is -0.303 e. The van der Waals surface area contributed by atoms with E-state index >= 15 is 0 Å². The van der Waals surface area contributed by atoms with Crippen LogP contribution in [0.15, 0.2) is 0 Å². The highest BCUT2D eigenvalue weighted by Gasteiger charge is 2.05. The van der Waals surface area contributed by atoms with Gasteiger partial charge in [0.15, 0.2) is 0 Å². The molecule has 0 saturated carbocycles. The molecule has 244 valence electrons. The van der Waals surface area contributed by atoms with E-state index in [1.54, 1.807) is 0 Å². The summed E-state index contributed by atoms with van der Waals surface area (Å²) in [6.07, 6.45) is 41.7. The molecule has 0 aromatic rings. The van der Waals surface area contributed by atoms with Gasteiger partial charge in [0.05, 0.1) is 13.1 Å². The van der Waals surface area contributed by atoms with Crippen molar-refractivity contribution in [2.75, 3.05) is 13.1 Å². The summed E-state index contributed by atoms with van der Waals surface area (Å²) in [6, 6.07) is 0. The zero-order valence-corrected chi connectivity index (χ0v) is 28.4. The van der Waals surface area contributed by atoms with E-state index in [1.165, 1.54) is 180 Å². The maximum Gasteiger partial charge on any atom is 0.146 e. The van der Waals surface area contributed by atoms with E-state index < -0.39 is 0 Å². The quantitative estimate of drug-likeness (QED) is 0.0753. The Morgan fingerprint density at radius 3 is 0.732 bits per heavy atom. The molecule has 0 heterocycles. The third-order valence-corrected chi connectivity index (χ3v) is 8.76. The van der Waals surface area contributed by atoms with E-state index in [2.05, 4.69) is 19.2 Å². The van der Waals surface area contributed by atoms with Gasteiger partial charge in [0.1, 0.15) is 11.6 Å². The molecule has 0 aromatic carbocycles. The number of hydrogen-bond donors (Lipinski definition) is 1. The molecule has 0 atom stereocenters. The van der Waals surface area contributed by atoms with Crippen molar-refractivity contribution in [2.45, 2.75) is 219 Å². The molecule has 0 aromatic heterocycles. The third kappa shape index (κ3) is 35.4. The van der Waals surface area contributed by atoms with Gasteiger partial charge < -0.3 is 5.32 Å². The molecule has 0 aliphatic carbocycles. The molecule has 0 amide bonds. The number of carbonyl (C=O) groups excluding carboxylic acids is 2. The topological polar surface area (TPSA) is 46.2 Å². The third-order valence-electron chi connectivity index (χ3n) is 8.76. The lowest BCUT2D eigenvalue weighted by molar-refractivity contribution is -0.119. The Morgan fingerprint density at radius 2 is 0.512 bits per heavy atom. The van der Waals surface area contributed by atoms with Gasteiger partial charge in [-0.05, 0) is 12.8 Å². The van der Waals surface area contributed by atoms with Gasteiger partial charge in [0, 0.05) is 12.8 Å². The molecule has 0 rings (SSSR count). The van der Waals surface area contributed by atoms with Gasteiger partial charge in [-0.2, -0.15) is 0 Å². The van der Waals surface area contributed by atoms with Crippen molar-refractivity contribution in [1.29, 1.82) is 0 Å². The van der Waals surface area contributed by atoms with E-state index in [0.29, 0.717) is 25.9 Å². The molecule has 0 aliphatic heterocycles. The van der Waals surface area contributed by atoms with Gasteiger partial charge in [-0.1, -0.05) is 194 Å². The second kappa shape index (κ2) is 35.5. The minimum atomic E-state index is 0.263. The van der Waals surface area contributed by atoms with Crippen molar-refractivity contribution in [3.8, 4) is 0 Å². The SMILES string of the molecule is CCCCCCCCCCCCCCCCCC(=O)CNCC(=O)CCCCCCCCCCCCCCCCC. The van der Waals surface area contributed by atoms with E-state index in [4.69, 9.17) is 0 Å². The number of rotatable bonds is 36. The van der Waals surface area contributed by atoms with Crippen molar-refractivity contribution in [3.63, 3.8) is 0 Å². The second-order valence-corrected chi connectivity index (χ2v) is 13.1. The van der Waals surface area contributed by atoms with Crippen LogP contribution < -0.4 is 5.32 Å². The molecule has 0 aliphatic rings. The molecule has 0 saturated heterocycles. The van der Waals surface area contributed by atoms with E-state index in [0.717, 1.165) is 12.8 Å². The van der Waals surface area contributed by atoms with Crippen molar-refractivity contribution in [2.24, 2.45) is 0 Å². The maximum absolute atomic E-state index is 12.1. The largest absolute Gasteiger partial charge is 0.303 e. The first kappa shape index (κ1) is 40.3. The number of nitrogens with one attached hydrogen (secondary N) is 1. The predicted octanol–water partition coefficient (Wildman–Crippen LogP) is 12.2. The normalized spacial score (nSPS) is 11.4. The molecule has 1 N–H and O–H groups in total. The van der Waals surface area contributed by atoms with Gasteiger partial charge in [-0.3, -0.25) is 9.59 Å². The fraction of sp³-hybridized carbons (Fsp3) is 0.947. The molecule has 0 unspecified atom stereocenters. The summed E-state index contributed by atoms with van der Waals surface area (Å²) in [6.45, 7) is 5.29. The molecule has 0 radical (unpaired) electrons. The first-order valence-electron chi connectivity index (χ1n) is 18.9. The van der Waals surface area contributed by atoms with Gasteiger partial charge in [-0.15, -0.1) is 0 Å². The standard InChI is InChI=1S/C38H75NO2/c1-3-5-7-9-11-13-15-17-19-21-23-25-27-29-31-33-37(40)35-39-36-38(41)34-32-30-28-26-24-22-20-18-16-14-12-10-8-6-4-2/h39H,3-36H2,1-2H3. The lowest BCUT2D eigenvalue weighted by Crippen LogP contribution is -2.28. The van der Waals surface area contributed by atoms with Crippen LogP contribution in [-0.4, -0.2) is 24.7 Å². The zero-order valence-electron chi connectivity index (χ0n) is 28.4. The Morgan fingerprint density at radius 1 is 0.317 bits per heavy atom. The van der Waals surface area contributed by atoms with Crippen LogP contribution in [0.5, 0.6) is 0 Å². The number of unbranched alkanes of at least 4 members (excludes halogenated alkanes) is 28. The Hall–Kier alpha value is -0.700. The Kier molecular flexibility index (Phi) is 34.9. The molecule has 0 spiro atoms. The summed E-state index contributed by atoms with van der Waals surface area (Å²) in [7, 11) is 0. The summed E-state index contributed by atoms with van der Waals surface area (Å²) in [5.41, 5.74) is 0. The van der Waals surface area contributed by atoms with Gasteiger partial charge in [0.25, 0.3) is 0 Å². The van der Waals surface area contributed by atoms with Crippen LogP contribution in [0.2, 0.25) is 0 Å². The summed E-state index contributed by atoms with van der Waals surface area (Å²) in [4.78, 5) is 24.2. The number of Topliss-reactive ketones (excluding diaryl/α,β-unsaturated/α-hetero) is 2. The van der Waals surface area contributed by atoms with Crippen LogP contribution in [0.25, 0.3) is 0 Å². The highest BCUT2D eigenvalue weighted by molar-refractivity contribution is 5.83. The van der Waals surface area contributed by atoms with Crippen LogP contribution in [-0.2, 0) is 9.59 Å². The fourth-order valence-electron chi connectivity index (χ4n) is 5.91.